The summed E-state index contributed by atoms with van der Waals surface area (Å²) < 4.78 is 5.43. The molecule has 0 aromatic rings. The lowest BCUT2D eigenvalue weighted by Crippen LogP contribution is -2.47. The Labute approximate surface area is 153 Å². The number of hydrogen-bond acceptors (Lipinski definition) is 3. The van der Waals surface area contributed by atoms with Crippen molar-refractivity contribution in [2.24, 2.45) is 17.3 Å². The molecule has 3 heterocycles. The molecule has 4 nitrogen and oxygen atoms in total. The number of rotatable bonds is 3. The van der Waals surface area contributed by atoms with Gasteiger partial charge in [0, 0.05) is 50.7 Å². The number of carbonyl (C=O) groups excluding carboxylic acids is 1. The molecule has 1 unspecified atom stereocenters. The lowest BCUT2D eigenvalue weighted by molar-refractivity contribution is -0.138. The van der Waals surface area contributed by atoms with Crippen molar-refractivity contribution in [1.29, 1.82) is 0 Å². The summed E-state index contributed by atoms with van der Waals surface area (Å²) in [5.41, 5.74) is 0.397. The summed E-state index contributed by atoms with van der Waals surface area (Å²) in [7, 11) is 0. The second kappa shape index (κ2) is 7.96. The monoisotopic (exact) mass is 348 g/mol. The maximum atomic E-state index is 12.9. The molecule has 4 heteroatoms. The standard InChI is InChI=1S/C21H36N2O2/c24-20(19-7-13-25-14-8-19)23-12-10-21(17-23)9-4-11-22(16-21)15-18-5-2-1-3-6-18/h18-19H,1-17H2. The zero-order chi connectivity index (χ0) is 17.1. The number of piperidine rings is 1. The predicted octanol–water partition coefficient (Wildman–Crippen LogP) is 3.31. The van der Waals surface area contributed by atoms with Crippen LogP contribution in [-0.4, -0.2) is 61.6 Å². The smallest absolute Gasteiger partial charge is 0.225 e. The van der Waals surface area contributed by atoms with Gasteiger partial charge in [-0.3, -0.25) is 4.79 Å². The van der Waals surface area contributed by atoms with Crippen LogP contribution in [0.3, 0.4) is 0 Å². The van der Waals surface area contributed by atoms with Crippen LogP contribution in [0.2, 0.25) is 0 Å². The Morgan fingerprint density at radius 3 is 2.52 bits per heavy atom. The van der Waals surface area contributed by atoms with E-state index in [0.29, 0.717) is 11.3 Å². The van der Waals surface area contributed by atoms with E-state index in [0.717, 1.165) is 45.1 Å². The van der Waals surface area contributed by atoms with Crippen molar-refractivity contribution in [2.45, 2.75) is 64.2 Å². The lowest BCUT2D eigenvalue weighted by Gasteiger charge is -2.42. The molecule has 4 rings (SSSR count). The third-order valence-electron chi connectivity index (χ3n) is 7.30. The maximum absolute atomic E-state index is 12.9. The van der Waals surface area contributed by atoms with E-state index in [-0.39, 0.29) is 5.92 Å². The number of hydrogen-bond donors (Lipinski definition) is 0. The van der Waals surface area contributed by atoms with Gasteiger partial charge in [-0.1, -0.05) is 19.3 Å². The van der Waals surface area contributed by atoms with Gasteiger partial charge in [-0.2, -0.15) is 0 Å². The van der Waals surface area contributed by atoms with Gasteiger partial charge in [-0.05, 0) is 57.4 Å². The molecular formula is C21H36N2O2. The molecule has 3 aliphatic heterocycles. The first kappa shape index (κ1) is 17.8. The Morgan fingerprint density at radius 2 is 1.72 bits per heavy atom. The minimum Gasteiger partial charge on any atom is -0.381 e. The molecule has 1 spiro atoms. The van der Waals surface area contributed by atoms with Gasteiger partial charge in [0.2, 0.25) is 5.91 Å². The number of nitrogens with zero attached hydrogens (tertiary/aromatic N) is 2. The van der Waals surface area contributed by atoms with E-state index >= 15 is 0 Å². The molecule has 142 valence electrons. The van der Waals surface area contributed by atoms with Crippen LogP contribution >= 0.6 is 0 Å². The summed E-state index contributed by atoms with van der Waals surface area (Å²) in [5, 5.41) is 0. The highest BCUT2D eigenvalue weighted by Gasteiger charge is 2.44. The van der Waals surface area contributed by atoms with Crippen LogP contribution in [0.5, 0.6) is 0 Å². The molecule has 1 saturated carbocycles. The third-order valence-corrected chi connectivity index (χ3v) is 7.30. The van der Waals surface area contributed by atoms with E-state index in [1.165, 1.54) is 71.0 Å². The van der Waals surface area contributed by atoms with Crippen molar-refractivity contribution in [3.05, 3.63) is 0 Å². The zero-order valence-electron chi connectivity index (χ0n) is 15.9. The fraction of sp³-hybridized carbons (Fsp3) is 0.952. The van der Waals surface area contributed by atoms with Gasteiger partial charge in [0.1, 0.15) is 0 Å². The molecule has 4 aliphatic rings. The zero-order valence-corrected chi connectivity index (χ0v) is 15.9. The van der Waals surface area contributed by atoms with Crippen LogP contribution in [0, 0.1) is 17.3 Å². The minimum absolute atomic E-state index is 0.228. The summed E-state index contributed by atoms with van der Waals surface area (Å²) in [6.45, 7) is 7.38. The Balaban J connectivity index is 1.31. The minimum atomic E-state index is 0.228. The molecule has 0 radical (unpaired) electrons. The van der Waals surface area contributed by atoms with Gasteiger partial charge in [-0.15, -0.1) is 0 Å². The van der Waals surface area contributed by atoms with Crippen LogP contribution in [0.25, 0.3) is 0 Å². The fourth-order valence-electron chi connectivity index (χ4n) is 5.86. The van der Waals surface area contributed by atoms with Gasteiger partial charge in [-0.25, -0.2) is 0 Å². The lowest BCUT2D eigenvalue weighted by atomic mass is 9.78. The molecule has 3 saturated heterocycles. The maximum Gasteiger partial charge on any atom is 0.225 e. The molecule has 25 heavy (non-hydrogen) atoms. The summed E-state index contributed by atoms with van der Waals surface area (Å²) >= 11 is 0. The Bertz CT molecular complexity index is 457. The second-order valence-corrected chi connectivity index (χ2v) is 9.24. The van der Waals surface area contributed by atoms with Gasteiger partial charge in [0.25, 0.3) is 0 Å². The fourth-order valence-corrected chi connectivity index (χ4v) is 5.86. The van der Waals surface area contributed by atoms with E-state index in [1.807, 2.05) is 0 Å². The first-order valence-electron chi connectivity index (χ1n) is 10.8. The summed E-state index contributed by atoms with van der Waals surface area (Å²) in [5.74, 6) is 1.58. The summed E-state index contributed by atoms with van der Waals surface area (Å²) in [6.07, 6.45) is 12.9. The first-order valence-corrected chi connectivity index (χ1v) is 10.8. The van der Waals surface area contributed by atoms with Crippen LogP contribution in [-0.2, 0) is 9.53 Å². The number of amides is 1. The van der Waals surface area contributed by atoms with Crippen LogP contribution in [0.1, 0.15) is 64.2 Å². The van der Waals surface area contributed by atoms with Crippen LogP contribution < -0.4 is 0 Å². The summed E-state index contributed by atoms with van der Waals surface area (Å²) in [6, 6.07) is 0. The third kappa shape index (κ3) is 4.21. The van der Waals surface area contributed by atoms with Crippen molar-refractivity contribution in [3.63, 3.8) is 0 Å². The molecule has 1 aliphatic carbocycles. The Morgan fingerprint density at radius 1 is 0.920 bits per heavy atom. The van der Waals surface area contributed by atoms with Crippen LogP contribution in [0.15, 0.2) is 0 Å². The molecule has 1 atom stereocenters. The largest absolute Gasteiger partial charge is 0.381 e. The topological polar surface area (TPSA) is 32.8 Å². The molecule has 4 fully saturated rings. The van der Waals surface area contributed by atoms with E-state index in [9.17, 15) is 4.79 Å². The van der Waals surface area contributed by atoms with E-state index in [2.05, 4.69) is 9.80 Å². The van der Waals surface area contributed by atoms with Crippen LogP contribution in [0.4, 0.5) is 0 Å². The molecule has 0 N–H and O–H groups in total. The number of likely N-dealkylation sites (tertiary alicyclic amines) is 2. The second-order valence-electron chi connectivity index (χ2n) is 9.24. The normalized spacial score (nSPS) is 33.2. The van der Waals surface area contributed by atoms with E-state index in [1.54, 1.807) is 0 Å². The molecule has 0 bridgehead atoms. The molecule has 0 aromatic carbocycles. The molecule has 1 amide bonds. The number of carbonyl (C=O) groups is 1. The molecular weight excluding hydrogens is 312 g/mol. The van der Waals surface area contributed by atoms with Gasteiger partial charge < -0.3 is 14.5 Å². The average Bonchev–Trinajstić information content (AvgIpc) is 3.06. The van der Waals surface area contributed by atoms with E-state index < -0.39 is 0 Å². The highest BCUT2D eigenvalue weighted by atomic mass is 16.5. The van der Waals surface area contributed by atoms with Gasteiger partial charge in [0.15, 0.2) is 0 Å². The first-order chi connectivity index (χ1) is 12.2. The van der Waals surface area contributed by atoms with Gasteiger partial charge in [0.05, 0.1) is 0 Å². The average molecular weight is 349 g/mol. The number of ether oxygens (including phenoxy) is 1. The predicted molar refractivity (Wildman–Crippen MR) is 99.4 cm³/mol. The quantitative estimate of drug-likeness (QED) is 0.784. The Hall–Kier alpha value is -0.610. The highest BCUT2D eigenvalue weighted by Crippen LogP contribution is 2.40. The van der Waals surface area contributed by atoms with Crippen molar-refractivity contribution < 1.29 is 9.53 Å². The van der Waals surface area contributed by atoms with Crippen molar-refractivity contribution in [1.82, 2.24) is 9.80 Å². The van der Waals surface area contributed by atoms with E-state index in [4.69, 9.17) is 4.74 Å². The molecule has 0 aromatic heterocycles. The van der Waals surface area contributed by atoms with Crippen molar-refractivity contribution in [2.75, 3.05) is 45.9 Å². The van der Waals surface area contributed by atoms with Crippen molar-refractivity contribution >= 4 is 5.91 Å². The SMILES string of the molecule is O=C(C1CCOCC1)N1CCC2(CCCN(CC3CCCCC3)C2)C1. The Kier molecular flexibility index (Phi) is 5.66. The van der Waals surface area contributed by atoms with Gasteiger partial charge >= 0.3 is 0 Å². The van der Waals surface area contributed by atoms with Crippen molar-refractivity contribution in [3.8, 4) is 0 Å². The summed E-state index contributed by atoms with van der Waals surface area (Å²) in [4.78, 5) is 17.8. The highest BCUT2D eigenvalue weighted by molar-refractivity contribution is 5.79.